The molecule has 0 aliphatic carbocycles. The van der Waals surface area contributed by atoms with Crippen molar-refractivity contribution in [2.45, 2.75) is 13.0 Å². The van der Waals surface area contributed by atoms with E-state index in [1.54, 1.807) is 19.1 Å². The van der Waals surface area contributed by atoms with Crippen LogP contribution in [-0.2, 0) is 4.79 Å². The molecular formula is C12H15N3O2. The van der Waals surface area contributed by atoms with Gasteiger partial charge in [-0.3, -0.25) is 9.59 Å². The van der Waals surface area contributed by atoms with Crippen LogP contribution in [-0.4, -0.2) is 32.0 Å². The molecule has 2 rings (SSSR count). The van der Waals surface area contributed by atoms with E-state index in [0.29, 0.717) is 11.3 Å². The third-order valence-electron chi connectivity index (χ3n) is 2.76. The van der Waals surface area contributed by atoms with Gasteiger partial charge in [0.05, 0.1) is 11.3 Å². The molecule has 0 bridgehead atoms. The van der Waals surface area contributed by atoms with Gasteiger partial charge < -0.3 is 15.5 Å². The summed E-state index contributed by atoms with van der Waals surface area (Å²) in [6, 6.07) is 4.86. The number of fused-ring (bicyclic) bond motifs is 1. The summed E-state index contributed by atoms with van der Waals surface area (Å²) in [6.45, 7) is 1.66. The van der Waals surface area contributed by atoms with Crippen molar-refractivity contribution >= 4 is 23.2 Å². The minimum absolute atomic E-state index is 0.199. The van der Waals surface area contributed by atoms with Gasteiger partial charge in [-0.05, 0) is 25.1 Å². The number of hydrogen-bond acceptors (Lipinski definition) is 3. The molecule has 0 saturated carbocycles. The van der Waals surface area contributed by atoms with Gasteiger partial charge in [-0.1, -0.05) is 0 Å². The summed E-state index contributed by atoms with van der Waals surface area (Å²) in [5.74, 6) is -0.427. The summed E-state index contributed by atoms with van der Waals surface area (Å²) in [5, 5.41) is 5.37. The zero-order valence-electron chi connectivity index (χ0n) is 10.1. The van der Waals surface area contributed by atoms with Crippen LogP contribution < -0.4 is 15.5 Å². The SMILES string of the molecule is CC1NC(=O)c2cc(N(C)C)ccc2NC1=O. The summed E-state index contributed by atoms with van der Waals surface area (Å²) in [6.07, 6.45) is 0. The molecule has 17 heavy (non-hydrogen) atoms. The number of carbonyl (C=O) groups is 2. The van der Waals surface area contributed by atoms with Crippen molar-refractivity contribution in [3.05, 3.63) is 23.8 Å². The zero-order chi connectivity index (χ0) is 12.6. The van der Waals surface area contributed by atoms with Crippen molar-refractivity contribution in [1.82, 2.24) is 5.32 Å². The molecule has 1 atom stereocenters. The van der Waals surface area contributed by atoms with Gasteiger partial charge in [0.15, 0.2) is 0 Å². The second kappa shape index (κ2) is 4.08. The Morgan fingerprint density at radius 2 is 1.94 bits per heavy atom. The molecule has 2 N–H and O–H groups in total. The summed E-state index contributed by atoms with van der Waals surface area (Å²) in [4.78, 5) is 25.4. The molecule has 1 heterocycles. The van der Waals surface area contributed by atoms with Gasteiger partial charge >= 0.3 is 0 Å². The molecule has 0 radical (unpaired) electrons. The Balaban J connectivity index is 2.47. The molecule has 0 fully saturated rings. The second-order valence-corrected chi connectivity index (χ2v) is 4.31. The number of anilines is 2. The maximum atomic E-state index is 11.9. The lowest BCUT2D eigenvalue weighted by molar-refractivity contribution is -0.117. The average molecular weight is 233 g/mol. The molecule has 1 unspecified atom stereocenters. The summed E-state index contributed by atoms with van der Waals surface area (Å²) >= 11 is 0. The zero-order valence-corrected chi connectivity index (χ0v) is 10.1. The van der Waals surface area contributed by atoms with E-state index >= 15 is 0 Å². The number of hydrogen-bond donors (Lipinski definition) is 2. The Hall–Kier alpha value is -2.04. The van der Waals surface area contributed by atoms with Gasteiger partial charge in [-0.25, -0.2) is 0 Å². The maximum Gasteiger partial charge on any atom is 0.254 e. The lowest BCUT2D eigenvalue weighted by Gasteiger charge is -2.14. The number of nitrogens with one attached hydrogen (secondary N) is 2. The highest BCUT2D eigenvalue weighted by Crippen LogP contribution is 2.24. The predicted octanol–water partition coefficient (Wildman–Crippen LogP) is 0.823. The van der Waals surface area contributed by atoms with Crippen LogP contribution in [0.1, 0.15) is 17.3 Å². The second-order valence-electron chi connectivity index (χ2n) is 4.31. The van der Waals surface area contributed by atoms with E-state index in [2.05, 4.69) is 10.6 Å². The van der Waals surface area contributed by atoms with Crippen molar-refractivity contribution in [2.75, 3.05) is 24.3 Å². The third kappa shape index (κ3) is 2.08. The van der Waals surface area contributed by atoms with Crippen molar-refractivity contribution in [3.8, 4) is 0 Å². The van der Waals surface area contributed by atoms with Gasteiger partial charge in [0, 0.05) is 19.8 Å². The maximum absolute atomic E-state index is 11.9. The quantitative estimate of drug-likeness (QED) is 0.755. The minimum atomic E-state index is -0.516. The van der Waals surface area contributed by atoms with Gasteiger partial charge in [-0.2, -0.15) is 0 Å². The highest BCUT2D eigenvalue weighted by atomic mass is 16.2. The average Bonchev–Trinajstić information content (AvgIpc) is 2.37. The van der Waals surface area contributed by atoms with Crippen molar-refractivity contribution in [2.24, 2.45) is 0 Å². The molecule has 1 aliphatic rings. The molecule has 2 amide bonds. The predicted molar refractivity (Wildman–Crippen MR) is 66.3 cm³/mol. The van der Waals surface area contributed by atoms with Crippen LogP contribution in [0.2, 0.25) is 0 Å². The highest BCUT2D eigenvalue weighted by Gasteiger charge is 2.24. The van der Waals surface area contributed by atoms with Crippen LogP contribution in [0.4, 0.5) is 11.4 Å². The lowest BCUT2D eigenvalue weighted by atomic mass is 10.1. The summed E-state index contributed by atoms with van der Waals surface area (Å²) in [7, 11) is 3.80. The molecule has 1 aliphatic heterocycles. The van der Waals surface area contributed by atoms with E-state index < -0.39 is 6.04 Å². The first-order valence-electron chi connectivity index (χ1n) is 5.42. The van der Waals surface area contributed by atoms with Crippen LogP contribution in [0.5, 0.6) is 0 Å². The van der Waals surface area contributed by atoms with Crippen LogP contribution in [0.15, 0.2) is 18.2 Å². The largest absolute Gasteiger partial charge is 0.378 e. The third-order valence-corrected chi connectivity index (χ3v) is 2.76. The van der Waals surface area contributed by atoms with E-state index in [9.17, 15) is 9.59 Å². The molecule has 0 aromatic heterocycles. The van der Waals surface area contributed by atoms with Crippen molar-refractivity contribution in [3.63, 3.8) is 0 Å². The van der Waals surface area contributed by atoms with E-state index in [1.807, 2.05) is 25.1 Å². The van der Waals surface area contributed by atoms with E-state index in [4.69, 9.17) is 0 Å². The molecule has 5 heteroatoms. The molecule has 0 spiro atoms. The van der Waals surface area contributed by atoms with Crippen molar-refractivity contribution < 1.29 is 9.59 Å². The standard InChI is InChI=1S/C12H15N3O2/c1-7-11(16)14-10-5-4-8(15(2)3)6-9(10)12(17)13-7/h4-7H,1-3H3,(H,13,17)(H,14,16). The Bertz CT molecular complexity index is 483. The van der Waals surface area contributed by atoms with Crippen molar-refractivity contribution in [1.29, 1.82) is 0 Å². The fourth-order valence-corrected chi connectivity index (χ4v) is 1.69. The first-order chi connectivity index (χ1) is 7.99. The van der Waals surface area contributed by atoms with Gasteiger partial charge in [0.2, 0.25) is 5.91 Å². The van der Waals surface area contributed by atoms with Gasteiger partial charge in [0.1, 0.15) is 6.04 Å². The van der Waals surface area contributed by atoms with Gasteiger partial charge in [0.25, 0.3) is 5.91 Å². The van der Waals surface area contributed by atoms with Gasteiger partial charge in [-0.15, -0.1) is 0 Å². The highest BCUT2D eigenvalue weighted by molar-refractivity contribution is 6.10. The molecule has 1 aromatic rings. The Labute approximate surface area is 99.8 Å². The van der Waals surface area contributed by atoms with Crippen LogP contribution in [0, 0.1) is 0 Å². The monoisotopic (exact) mass is 233 g/mol. The van der Waals surface area contributed by atoms with Crippen LogP contribution in [0.3, 0.4) is 0 Å². The normalized spacial score (nSPS) is 18.9. The Morgan fingerprint density at radius 3 is 2.59 bits per heavy atom. The number of benzene rings is 1. The number of carbonyl (C=O) groups excluding carboxylic acids is 2. The van der Waals surface area contributed by atoms with E-state index in [1.165, 1.54) is 0 Å². The Morgan fingerprint density at radius 1 is 1.24 bits per heavy atom. The Kier molecular flexibility index (Phi) is 2.75. The molecule has 90 valence electrons. The smallest absolute Gasteiger partial charge is 0.254 e. The summed E-state index contributed by atoms with van der Waals surface area (Å²) < 4.78 is 0. The fourth-order valence-electron chi connectivity index (χ4n) is 1.69. The summed E-state index contributed by atoms with van der Waals surface area (Å²) in [5.41, 5.74) is 1.97. The first kappa shape index (κ1) is 11.4. The molecule has 1 aromatic carbocycles. The van der Waals surface area contributed by atoms with E-state index in [0.717, 1.165) is 5.69 Å². The lowest BCUT2D eigenvalue weighted by Crippen LogP contribution is -2.38. The number of rotatable bonds is 1. The van der Waals surface area contributed by atoms with Crippen LogP contribution >= 0.6 is 0 Å². The van der Waals surface area contributed by atoms with Crippen LogP contribution in [0.25, 0.3) is 0 Å². The minimum Gasteiger partial charge on any atom is -0.378 e. The molecule has 0 saturated heterocycles. The number of nitrogens with zero attached hydrogens (tertiary/aromatic N) is 1. The molecule has 5 nitrogen and oxygen atoms in total. The fraction of sp³-hybridized carbons (Fsp3) is 0.333. The van der Waals surface area contributed by atoms with E-state index in [-0.39, 0.29) is 11.8 Å². The molecular weight excluding hydrogens is 218 g/mol. The topological polar surface area (TPSA) is 61.4 Å². The first-order valence-corrected chi connectivity index (χ1v) is 5.42. The number of amides is 2.